The lowest BCUT2D eigenvalue weighted by molar-refractivity contribution is -0.149. The predicted octanol–water partition coefficient (Wildman–Crippen LogP) is 1.79. The maximum Gasteiger partial charge on any atom is 0.408 e. The van der Waals surface area contributed by atoms with Crippen molar-refractivity contribution in [2.24, 2.45) is 11.1 Å². The first-order chi connectivity index (χ1) is 21.1. The van der Waals surface area contributed by atoms with Crippen molar-refractivity contribution in [1.82, 2.24) is 20.9 Å². The van der Waals surface area contributed by atoms with Gasteiger partial charge in [0.1, 0.15) is 18.7 Å². The molecule has 1 aliphatic rings. The average Bonchev–Trinajstić information content (AvgIpc) is 3.29. The van der Waals surface area contributed by atoms with E-state index in [0.717, 1.165) is 0 Å². The van der Waals surface area contributed by atoms with Gasteiger partial charge in [0.2, 0.25) is 17.7 Å². The fourth-order valence-electron chi connectivity index (χ4n) is 5.32. The molecule has 1 aliphatic heterocycles. The summed E-state index contributed by atoms with van der Waals surface area (Å²) in [6.07, 6.45) is -2.70. The van der Waals surface area contributed by atoms with Crippen LogP contribution in [-0.4, -0.2) is 76.0 Å². The Morgan fingerprint density at radius 1 is 0.978 bits per heavy atom. The molecule has 1 heterocycles. The fourth-order valence-corrected chi connectivity index (χ4v) is 5.32. The van der Waals surface area contributed by atoms with E-state index in [1.54, 1.807) is 54.6 Å². The number of nitrogens with zero attached hydrogens (tertiary/aromatic N) is 1. The quantitative estimate of drug-likeness (QED) is 0.239. The molecule has 1 fully saturated rings. The molecule has 12 nitrogen and oxygen atoms in total. The number of carbonyl (C=O) groups is 5. The van der Waals surface area contributed by atoms with Crippen LogP contribution < -0.4 is 21.7 Å². The molecule has 1 saturated heterocycles. The van der Waals surface area contributed by atoms with E-state index in [1.165, 1.54) is 4.90 Å². The van der Waals surface area contributed by atoms with Gasteiger partial charge in [0.25, 0.3) is 5.91 Å². The number of amides is 5. The standard InChI is InChI=1S/C33H45N5O7/c1-32(2,3)37-29(42)27-33(4,5)16-17-38(27)30(43)26(40)23(18-21-12-8-6-9-13-21)35-28(41)24(19-25(34)39)36-31(44)45-20-22-14-10-7-11-15-22/h6-15,23-24,26-27,40H,16-20H2,1-5H3,(H2,34,39)(H,35,41)(H,36,44)(H,37,42). The van der Waals surface area contributed by atoms with E-state index in [0.29, 0.717) is 17.5 Å². The van der Waals surface area contributed by atoms with Gasteiger partial charge in [0, 0.05) is 12.1 Å². The monoisotopic (exact) mass is 623 g/mol. The van der Waals surface area contributed by atoms with Crippen molar-refractivity contribution in [2.75, 3.05) is 6.54 Å². The van der Waals surface area contributed by atoms with Crippen molar-refractivity contribution in [2.45, 2.75) is 90.3 Å². The molecule has 4 unspecified atom stereocenters. The van der Waals surface area contributed by atoms with Crippen molar-refractivity contribution in [3.8, 4) is 0 Å². The second-order valence-electron chi connectivity index (χ2n) is 13.1. The smallest absolute Gasteiger partial charge is 0.408 e. The molecular weight excluding hydrogens is 578 g/mol. The zero-order valence-corrected chi connectivity index (χ0v) is 26.5. The minimum Gasteiger partial charge on any atom is -0.445 e. The Kier molecular flexibility index (Phi) is 11.7. The fraction of sp³-hybridized carbons (Fsp3) is 0.485. The maximum atomic E-state index is 13.9. The molecule has 3 rings (SSSR count). The van der Waals surface area contributed by atoms with Gasteiger partial charge in [0.15, 0.2) is 6.10 Å². The van der Waals surface area contributed by atoms with Gasteiger partial charge in [-0.3, -0.25) is 19.2 Å². The summed E-state index contributed by atoms with van der Waals surface area (Å²) in [6, 6.07) is 14.3. The largest absolute Gasteiger partial charge is 0.445 e. The number of benzene rings is 2. The van der Waals surface area contributed by atoms with Gasteiger partial charge in [-0.05, 0) is 50.2 Å². The van der Waals surface area contributed by atoms with E-state index in [2.05, 4.69) is 16.0 Å². The zero-order valence-electron chi connectivity index (χ0n) is 26.5. The number of rotatable bonds is 12. The molecule has 2 aromatic carbocycles. The molecule has 244 valence electrons. The first-order valence-corrected chi connectivity index (χ1v) is 15.0. The molecule has 0 aliphatic carbocycles. The molecule has 0 bridgehead atoms. The second kappa shape index (κ2) is 15.0. The Bertz CT molecular complexity index is 1340. The summed E-state index contributed by atoms with van der Waals surface area (Å²) < 4.78 is 5.20. The normalized spacial score (nSPS) is 17.8. The third kappa shape index (κ3) is 10.3. The molecule has 5 amide bonds. The Labute approximate surface area is 264 Å². The van der Waals surface area contributed by atoms with Crippen molar-refractivity contribution in [3.05, 3.63) is 71.8 Å². The maximum absolute atomic E-state index is 13.9. The average molecular weight is 624 g/mol. The van der Waals surface area contributed by atoms with Crippen molar-refractivity contribution in [3.63, 3.8) is 0 Å². The van der Waals surface area contributed by atoms with Gasteiger partial charge >= 0.3 is 6.09 Å². The highest BCUT2D eigenvalue weighted by Crippen LogP contribution is 2.37. The summed E-state index contributed by atoms with van der Waals surface area (Å²) >= 11 is 0. The highest BCUT2D eigenvalue weighted by Gasteiger charge is 2.49. The molecule has 0 radical (unpaired) electrons. The van der Waals surface area contributed by atoms with E-state index in [9.17, 15) is 29.1 Å². The summed E-state index contributed by atoms with van der Waals surface area (Å²) in [5.74, 6) is -2.77. The van der Waals surface area contributed by atoms with Gasteiger partial charge in [0.05, 0.1) is 12.5 Å². The number of aliphatic hydroxyl groups is 1. The number of ether oxygens (including phenoxy) is 1. The van der Waals surface area contributed by atoms with Gasteiger partial charge in [-0.1, -0.05) is 74.5 Å². The summed E-state index contributed by atoms with van der Waals surface area (Å²) in [6.45, 7) is 9.46. The van der Waals surface area contributed by atoms with Gasteiger partial charge in [-0.15, -0.1) is 0 Å². The number of nitrogens with one attached hydrogen (secondary N) is 3. The van der Waals surface area contributed by atoms with E-state index < -0.39 is 65.4 Å². The molecule has 4 atom stereocenters. The van der Waals surface area contributed by atoms with Gasteiger partial charge in [-0.25, -0.2) is 4.79 Å². The second-order valence-corrected chi connectivity index (χ2v) is 13.1. The van der Waals surface area contributed by atoms with E-state index >= 15 is 0 Å². The van der Waals surface area contributed by atoms with Gasteiger partial charge in [-0.2, -0.15) is 0 Å². The molecule has 45 heavy (non-hydrogen) atoms. The number of alkyl carbamates (subject to hydrolysis) is 1. The number of likely N-dealkylation sites (tertiary alicyclic amines) is 1. The molecule has 12 heteroatoms. The summed E-state index contributed by atoms with van der Waals surface area (Å²) in [5.41, 5.74) is 5.68. The lowest BCUT2D eigenvalue weighted by atomic mass is 9.83. The number of nitrogens with two attached hydrogens (primary N) is 1. The first-order valence-electron chi connectivity index (χ1n) is 15.0. The number of hydrogen-bond donors (Lipinski definition) is 5. The van der Waals surface area contributed by atoms with Crippen LogP contribution in [0.2, 0.25) is 0 Å². The number of primary amides is 1. The molecular formula is C33H45N5O7. The summed E-state index contributed by atoms with van der Waals surface area (Å²) in [5, 5.41) is 19.4. The Balaban J connectivity index is 1.82. The molecule has 0 saturated carbocycles. The topological polar surface area (TPSA) is 180 Å². The predicted molar refractivity (Wildman–Crippen MR) is 167 cm³/mol. The number of hydrogen-bond acceptors (Lipinski definition) is 7. The van der Waals surface area contributed by atoms with Crippen LogP contribution in [0.1, 0.15) is 58.6 Å². The summed E-state index contributed by atoms with van der Waals surface area (Å²) in [7, 11) is 0. The lowest BCUT2D eigenvalue weighted by Crippen LogP contribution is -2.60. The van der Waals surface area contributed by atoms with Crippen LogP contribution in [0.25, 0.3) is 0 Å². The van der Waals surface area contributed by atoms with Crippen LogP contribution in [0.15, 0.2) is 60.7 Å². The number of aliphatic hydroxyl groups excluding tert-OH is 1. The summed E-state index contributed by atoms with van der Waals surface area (Å²) in [4.78, 5) is 66.4. The van der Waals surface area contributed by atoms with Crippen molar-refractivity contribution in [1.29, 1.82) is 0 Å². The Hall–Kier alpha value is -4.45. The highest BCUT2D eigenvalue weighted by molar-refractivity contribution is 5.93. The molecule has 0 aromatic heterocycles. The van der Waals surface area contributed by atoms with Crippen molar-refractivity contribution >= 4 is 29.7 Å². The van der Waals surface area contributed by atoms with Gasteiger partial charge < -0.3 is 36.4 Å². The lowest BCUT2D eigenvalue weighted by Gasteiger charge is -2.36. The van der Waals surface area contributed by atoms with Crippen LogP contribution >= 0.6 is 0 Å². The van der Waals surface area contributed by atoms with E-state index in [-0.39, 0.29) is 25.5 Å². The first kappa shape index (κ1) is 35.0. The SMILES string of the molecule is CC(C)(C)NC(=O)C1N(C(=O)C(O)C(Cc2ccccc2)NC(=O)C(CC(N)=O)NC(=O)OCc2ccccc2)CCC1(C)C. The molecule has 2 aromatic rings. The Morgan fingerprint density at radius 3 is 2.11 bits per heavy atom. The zero-order chi connectivity index (χ0) is 33.4. The van der Waals surface area contributed by atoms with Crippen LogP contribution in [0, 0.1) is 5.41 Å². The molecule has 6 N–H and O–H groups in total. The third-order valence-corrected chi connectivity index (χ3v) is 7.57. The molecule has 0 spiro atoms. The van der Waals surface area contributed by atoms with Crippen LogP contribution in [0.3, 0.4) is 0 Å². The Morgan fingerprint density at radius 2 is 1.56 bits per heavy atom. The van der Waals surface area contributed by atoms with E-state index in [1.807, 2.05) is 40.7 Å². The minimum absolute atomic E-state index is 0.0390. The van der Waals surface area contributed by atoms with Crippen LogP contribution in [-0.2, 0) is 36.9 Å². The van der Waals surface area contributed by atoms with E-state index in [4.69, 9.17) is 10.5 Å². The third-order valence-electron chi connectivity index (χ3n) is 7.57. The van der Waals surface area contributed by atoms with Crippen LogP contribution in [0.5, 0.6) is 0 Å². The van der Waals surface area contributed by atoms with Crippen molar-refractivity contribution < 1.29 is 33.8 Å². The van der Waals surface area contributed by atoms with Crippen LogP contribution in [0.4, 0.5) is 4.79 Å². The minimum atomic E-state index is -1.76. The highest BCUT2D eigenvalue weighted by atomic mass is 16.5. The number of carbonyl (C=O) groups excluding carboxylic acids is 5.